The van der Waals surface area contributed by atoms with Gasteiger partial charge in [0.15, 0.2) is 0 Å². The highest BCUT2D eigenvalue weighted by atomic mass is 79.9. The molecule has 92 valence electrons. The summed E-state index contributed by atoms with van der Waals surface area (Å²) >= 11 is 3.40. The van der Waals surface area contributed by atoms with E-state index >= 15 is 0 Å². The van der Waals surface area contributed by atoms with Crippen LogP contribution < -0.4 is 0 Å². The van der Waals surface area contributed by atoms with Crippen molar-refractivity contribution in [2.45, 2.75) is 6.92 Å². The average Bonchev–Trinajstić information content (AvgIpc) is 2.38. The third kappa shape index (κ3) is 2.46. The fourth-order valence-corrected chi connectivity index (χ4v) is 2.18. The topological polar surface area (TPSA) is 26.3 Å². The molecule has 0 atom stereocenters. The molecule has 0 aliphatic carbocycles. The zero-order valence-corrected chi connectivity index (χ0v) is 11.8. The van der Waals surface area contributed by atoms with Gasteiger partial charge in [-0.05, 0) is 35.7 Å². The minimum Gasteiger partial charge on any atom is -0.465 e. The van der Waals surface area contributed by atoms with Gasteiger partial charge in [0.05, 0.1) is 12.7 Å². The second-order valence-corrected chi connectivity index (χ2v) is 4.91. The third-order valence-electron chi connectivity index (χ3n) is 2.82. The van der Waals surface area contributed by atoms with Gasteiger partial charge in [-0.15, -0.1) is 0 Å². The van der Waals surface area contributed by atoms with Crippen LogP contribution in [0.2, 0.25) is 0 Å². The summed E-state index contributed by atoms with van der Waals surface area (Å²) in [4.78, 5) is 11.9. The van der Waals surface area contributed by atoms with E-state index in [2.05, 4.69) is 15.9 Å². The van der Waals surface area contributed by atoms with E-state index in [1.807, 2.05) is 49.4 Å². The van der Waals surface area contributed by atoms with E-state index in [1.54, 1.807) is 0 Å². The molecule has 2 aromatic rings. The highest BCUT2D eigenvalue weighted by molar-refractivity contribution is 9.10. The second kappa shape index (κ2) is 5.36. The Balaban J connectivity index is 2.60. The van der Waals surface area contributed by atoms with Crippen molar-refractivity contribution >= 4 is 21.9 Å². The smallest absolute Gasteiger partial charge is 0.338 e. The zero-order chi connectivity index (χ0) is 13.1. The van der Waals surface area contributed by atoms with Gasteiger partial charge in [-0.25, -0.2) is 4.79 Å². The predicted molar refractivity (Wildman–Crippen MR) is 75.7 cm³/mol. The molecule has 0 aliphatic rings. The molecule has 0 N–H and O–H groups in total. The lowest BCUT2D eigenvalue weighted by Crippen LogP contribution is -2.06. The first kappa shape index (κ1) is 12.8. The Morgan fingerprint density at radius 2 is 1.78 bits per heavy atom. The Kier molecular flexibility index (Phi) is 3.82. The molecule has 0 saturated heterocycles. The SMILES string of the molecule is COC(=O)c1c(C)cccc1-c1ccc(Br)cc1. The van der Waals surface area contributed by atoms with Gasteiger partial charge in [0.1, 0.15) is 0 Å². The Morgan fingerprint density at radius 3 is 2.39 bits per heavy atom. The Bertz CT molecular complexity index is 574. The van der Waals surface area contributed by atoms with Gasteiger partial charge < -0.3 is 4.74 Å². The maximum Gasteiger partial charge on any atom is 0.338 e. The van der Waals surface area contributed by atoms with Crippen LogP contribution in [0.1, 0.15) is 15.9 Å². The minimum absolute atomic E-state index is 0.300. The lowest BCUT2D eigenvalue weighted by Gasteiger charge is -2.11. The summed E-state index contributed by atoms with van der Waals surface area (Å²) in [6.07, 6.45) is 0. The number of benzene rings is 2. The van der Waals surface area contributed by atoms with Crippen molar-refractivity contribution in [3.63, 3.8) is 0 Å². The molecule has 0 aromatic heterocycles. The van der Waals surface area contributed by atoms with Gasteiger partial charge in [0, 0.05) is 4.47 Å². The van der Waals surface area contributed by atoms with Gasteiger partial charge in [0.25, 0.3) is 0 Å². The highest BCUT2D eigenvalue weighted by Gasteiger charge is 2.15. The van der Waals surface area contributed by atoms with Gasteiger partial charge >= 0.3 is 5.97 Å². The van der Waals surface area contributed by atoms with Gasteiger partial charge in [-0.1, -0.05) is 46.3 Å². The monoisotopic (exact) mass is 304 g/mol. The number of carbonyl (C=O) groups is 1. The number of hydrogen-bond donors (Lipinski definition) is 0. The molecule has 0 bridgehead atoms. The van der Waals surface area contributed by atoms with Crippen molar-refractivity contribution in [1.29, 1.82) is 0 Å². The molecule has 3 heteroatoms. The standard InChI is InChI=1S/C15H13BrO2/c1-10-4-3-5-13(14(10)15(17)18-2)11-6-8-12(16)9-7-11/h3-9H,1-2H3. The van der Waals surface area contributed by atoms with Crippen molar-refractivity contribution < 1.29 is 9.53 Å². The van der Waals surface area contributed by atoms with Crippen LogP contribution in [0.25, 0.3) is 11.1 Å². The van der Waals surface area contributed by atoms with Gasteiger partial charge in [-0.3, -0.25) is 0 Å². The van der Waals surface area contributed by atoms with E-state index in [-0.39, 0.29) is 5.97 Å². The van der Waals surface area contributed by atoms with Gasteiger partial charge in [-0.2, -0.15) is 0 Å². The number of carbonyl (C=O) groups excluding carboxylic acids is 1. The molecule has 18 heavy (non-hydrogen) atoms. The fraction of sp³-hybridized carbons (Fsp3) is 0.133. The van der Waals surface area contributed by atoms with Crippen molar-refractivity contribution in [2.75, 3.05) is 7.11 Å². The maximum atomic E-state index is 11.9. The normalized spacial score (nSPS) is 10.2. The van der Waals surface area contributed by atoms with Crippen LogP contribution in [-0.2, 0) is 4.74 Å². The molecule has 2 aromatic carbocycles. The first-order chi connectivity index (χ1) is 8.63. The number of esters is 1. The molecular weight excluding hydrogens is 292 g/mol. The zero-order valence-electron chi connectivity index (χ0n) is 10.2. The van der Waals surface area contributed by atoms with E-state index in [0.717, 1.165) is 21.2 Å². The molecule has 0 heterocycles. The van der Waals surface area contributed by atoms with Crippen LogP contribution in [0.5, 0.6) is 0 Å². The number of ether oxygens (including phenoxy) is 1. The van der Waals surface area contributed by atoms with Crippen LogP contribution in [0, 0.1) is 6.92 Å². The van der Waals surface area contributed by atoms with E-state index in [4.69, 9.17) is 4.74 Å². The molecule has 0 spiro atoms. The second-order valence-electron chi connectivity index (χ2n) is 4.00. The van der Waals surface area contributed by atoms with Crippen molar-refractivity contribution in [3.8, 4) is 11.1 Å². The molecule has 2 nitrogen and oxygen atoms in total. The van der Waals surface area contributed by atoms with Crippen LogP contribution in [0.15, 0.2) is 46.9 Å². The number of aryl methyl sites for hydroxylation is 1. The first-order valence-electron chi connectivity index (χ1n) is 5.57. The summed E-state index contributed by atoms with van der Waals surface area (Å²) < 4.78 is 5.87. The molecule has 0 unspecified atom stereocenters. The Hall–Kier alpha value is -1.61. The molecule has 0 radical (unpaired) electrons. The number of methoxy groups -OCH3 is 1. The van der Waals surface area contributed by atoms with E-state index < -0.39 is 0 Å². The molecule has 0 aliphatic heterocycles. The lowest BCUT2D eigenvalue weighted by molar-refractivity contribution is 0.0601. The molecule has 0 saturated carbocycles. The Morgan fingerprint density at radius 1 is 1.11 bits per heavy atom. The molecular formula is C15H13BrO2. The molecule has 0 fully saturated rings. The summed E-state index contributed by atoms with van der Waals surface area (Å²) in [6, 6.07) is 13.7. The summed E-state index contributed by atoms with van der Waals surface area (Å²) in [6.45, 7) is 1.91. The van der Waals surface area contributed by atoms with E-state index in [9.17, 15) is 4.79 Å². The van der Waals surface area contributed by atoms with Crippen LogP contribution in [0.4, 0.5) is 0 Å². The lowest BCUT2D eigenvalue weighted by atomic mass is 9.96. The number of halogens is 1. The van der Waals surface area contributed by atoms with Crippen molar-refractivity contribution in [1.82, 2.24) is 0 Å². The summed E-state index contributed by atoms with van der Waals surface area (Å²) in [5.74, 6) is -0.300. The first-order valence-corrected chi connectivity index (χ1v) is 6.36. The number of hydrogen-bond acceptors (Lipinski definition) is 2. The van der Waals surface area contributed by atoms with Crippen LogP contribution in [-0.4, -0.2) is 13.1 Å². The maximum absolute atomic E-state index is 11.9. The summed E-state index contributed by atoms with van der Waals surface area (Å²) in [5, 5.41) is 0. The minimum atomic E-state index is -0.300. The molecule has 2 rings (SSSR count). The molecule has 0 amide bonds. The summed E-state index contributed by atoms with van der Waals surface area (Å²) in [7, 11) is 1.40. The highest BCUT2D eigenvalue weighted by Crippen LogP contribution is 2.27. The van der Waals surface area contributed by atoms with Gasteiger partial charge in [0.2, 0.25) is 0 Å². The van der Waals surface area contributed by atoms with Crippen molar-refractivity contribution in [2.24, 2.45) is 0 Å². The number of rotatable bonds is 2. The summed E-state index contributed by atoms with van der Waals surface area (Å²) in [5.41, 5.74) is 3.45. The van der Waals surface area contributed by atoms with Crippen LogP contribution >= 0.6 is 15.9 Å². The predicted octanol–water partition coefficient (Wildman–Crippen LogP) is 4.21. The van der Waals surface area contributed by atoms with E-state index in [0.29, 0.717) is 5.56 Å². The van der Waals surface area contributed by atoms with Crippen LogP contribution in [0.3, 0.4) is 0 Å². The van der Waals surface area contributed by atoms with Crippen molar-refractivity contribution in [3.05, 3.63) is 58.1 Å². The fourth-order valence-electron chi connectivity index (χ4n) is 1.91. The quantitative estimate of drug-likeness (QED) is 0.777. The largest absolute Gasteiger partial charge is 0.465 e. The average molecular weight is 305 g/mol. The van der Waals surface area contributed by atoms with E-state index in [1.165, 1.54) is 7.11 Å². The third-order valence-corrected chi connectivity index (χ3v) is 3.35. The Labute approximate surface area is 115 Å².